The molecule has 0 radical (unpaired) electrons. The van der Waals surface area contributed by atoms with Crippen LogP contribution in [-0.4, -0.2) is 60.3 Å². The monoisotopic (exact) mass is 279 g/mol. The molecule has 4 atom stereocenters. The van der Waals surface area contributed by atoms with Crippen molar-refractivity contribution in [2.45, 2.75) is 63.0 Å². The number of halogens is 3. The highest BCUT2D eigenvalue weighted by Gasteiger charge is 2.48. The van der Waals surface area contributed by atoms with E-state index in [9.17, 15) is 13.2 Å². The summed E-state index contributed by atoms with van der Waals surface area (Å²) in [6, 6.07) is -1.63. The quantitative estimate of drug-likeness (QED) is 0.855. The first-order chi connectivity index (χ1) is 8.84. The Balaban J connectivity index is 2.14. The molecule has 19 heavy (non-hydrogen) atoms. The Morgan fingerprint density at radius 1 is 1.21 bits per heavy atom. The highest BCUT2D eigenvalue weighted by molar-refractivity contribution is 4.96. The number of rotatable bonds is 3. The van der Waals surface area contributed by atoms with Crippen LogP contribution in [0.4, 0.5) is 13.2 Å². The lowest BCUT2D eigenvalue weighted by molar-refractivity contribution is -0.190. The summed E-state index contributed by atoms with van der Waals surface area (Å²) in [7, 11) is 2.04. The van der Waals surface area contributed by atoms with Gasteiger partial charge in [-0.3, -0.25) is 9.80 Å². The second-order valence-corrected chi connectivity index (χ2v) is 5.89. The third-order valence-electron chi connectivity index (χ3n) is 4.79. The van der Waals surface area contributed by atoms with Gasteiger partial charge in [0.05, 0.1) is 0 Å². The van der Waals surface area contributed by atoms with Crippen LogP contribution in [0.3, 0.4) is 0 Å². The molecule has 0 amide bonds. The Morgan fingerprint density at radius 2 is 1.84 bits per heavy atom. The molecule has 2 bridgehead atoms. The molecule has 3 nitrogen and oxygen atoms in total. The predicted molar refractivity (Wildman–Crippen MR) is 68.9 cm³/mol. The zero-order chi connectivity index (χ0) is 14.2. The number of alkyl halides is 3. The molecule has 6 heteroatoms. The summed E-state index contributed by atoms with van der Waals surface area (Å²) < 4.78 is 39.8. The van der Waals surface area contributed by atoms with Gasteiger partial charge in [0.25, 0.3) is 0 Å². The first kappa shape index (κ1) is 15.1. The van der Waals surface area contributed by atoms with Crippen molar-refractivity contribution in [1.82, 2.24) is 9.80 Å². The highest BCUT2D eigenvalue weighted by atomic mass is 19.4. The summed E-state index contributed by atoms with van der Waals surface area (Å²) in [5.74, 6) is 0. The van der Waals surface area contributed by atoms with Gasteiger partial charge in [-0.1, -0.05) is 6.92 Å². The fourth-order valence-electron chi connectivity index (χ4n) is 3.53. The second-order valence-electron chi connectivity index (χ2n) is 5.89. The average Bonchev–Trinajstić information content (AvgIpc) is 2.55. The van der Waals surface area contributed by atoms with Gasteiger partial charge in [-0.2, -0.15) is 13.2 Å². The minimum Gasteiger partial charge on any atom is -0.326 e. The molecule has 2 aliphatic rings. The van der Waals surface area contributed by atoms with Crippen LogP contribution in [-0.2, 0) is 0 Å². The number of nitrogens with zero attached hydrogens (tertiary/aromatic N) is 2. The summed E-state index contributed by atoms with van der Waals surface area (Å²) >= 11 is 0. The van der Waals surface area contributed by atoms with E-state index in [1.807, 2.05) is 7.05 Å². The highest BCUT2D eigenvalue weighted by Crippen LogP contribution is 2.34. The molecule has 2 N–H and O–H groups in total. The lowest BCUT2D eigenvalue weighted by atomic mass is 10.0. The molecule has 0 aliphatic carbocycles. The van der Waals surface area contributed by atoms with Gasteiger partial charge in [0.15, 0.2) is 0 Å². The number of hydrogen-bond acceptors (Lipinski definition) is 3. The zero-order valence-corrected chi connectivity index (χ0v) is 11.7. The normalized spacial score (nSPS) is 33.2. The van der Waals surface area contributed by atoms with Crippen LogP contribution in [0.5, 0.6) is 0 Å². The molecular weight excluding hydrogens is 255 g/mol. The van der Waals surface area contributed by atoms with E-state index in [0.717, 1.165) is 19.3 Å². The minimum absolute atomic E-state index is 0.251. The Hall–Kier alpha value is -0.330. The van der Waals surface area contributed by atoms with E-state index in [-0.39, 0.29) is 6.04 Å². The van der Waals surface area contributed by atoms with Crippen LogP contribution in [0, 0.1) is 0 Å². The average molecular weight is 279 g/mol. The lowest BCUT2D eigenvalue weighted by Crippen LogP contribution is -2.57. The maximum Gasteiger partial charge on any atom is 0.405 e. The summed E-state index contributed by atoms with van der Waals surface area (Å²) in [5, 5.41) is 0. The van der Waals surface area contributed by atoms with Gasteiger partial charge in [0.2, 0.25) is 0 Å². The van der Waals surface area contributed by atoms with Crippen molar-refractivity contribution >= 4 is 0 Å². The van der Waals surface area contributed by atoms with Crippen LogP contribution >= 0.6 is 0 Å². The molecule has 2 saturated heterocycles. The van der Waals surface area contributed by atoms with Crippen molar-refractivity contribution in [3.05, 3.63) is 0 Å². The summed E-state index contributed by atoms with van der Waals surface area (Å²) in [5.41, 5.74) is 5.74. The standard InChI is InChI=1S/C13H24F3N3/c1-3-11(17)12(13(14,15)16)19-7-6-9-4-5-10(8-19)18(9)2/h9-12H,3-8,17H2,1-2H3. The fourth-order valence-corrected chi connectivity index (χ4v) is 3.53. The van der Waals surface area contributed by atoms with Crippen molar-refractivity contribution in [2.75, 3.05) is 20.1 Å². The Morgan fingerprint density at radius 3 is 2.42 bits per heavy atom. The van der Waals surface area contributed by atoms with Crippen molar-refractivity contribution in [3.63, 3.8) is 0 Å². The Kier molecular flexibility index (Phi) is 4.42. The Bertz CT molecular complexity index is 308. The molecule has 2 aliphatic heterocycles. The predicted octanol–water partition coefficient (Wildman–Crippen LogP) is 1.82. The molecule has 2 fully saturated rings. The smallest absolute Gasteiger partial charge is 0.326 e. The van der Waals surface area contributed by atoms with Gasteiger partial charge in [-0.15, -0.1) is 0 Å². The van der Waals surface area contributed by atoms with Crippen molar-refractivity contribution in [1.29, 1.82) is 0 Å². The maximum absolute atomic E-state index is 13.3. The zero-order valence-electron chi connectivity index (χ0n) is 11.7. The van der Waals surface area contributed by atoms with Crippen LogP contribution < -0.4 is 5.73 Å². The van der Waals surface area contributed by atoms with Crippen LogP contribution in [0.15, 0.2) is 0 Å². The molecule has 0 aromatic carbocycles. The van der Waals surface area contributed by atoms with Crippen LogP contribution in [0.1, 0.15) is 32.6 Å². The van der Waals surface area contributed by atoms with Gasteiger partial charge < -0.3 is 5.73 Å². The van der Waals surface area contributed by atoms with Gasteiger partial charge in [0.1, 0.15) is 6.04 Å². The largest absolute Gasteiger partial charge is 0.405 e. The van der Waals surface area contributed by atoms with Crippen molar-refractivity contribution in [3.8, 4) is 0 Å². The maximum atomic E-state index is 13.3. The topological polar surface area (TPSA) is 32.5 Å². The van der Waals surface area contributed by atoms with Gasteiger partial charge in [0, 0.05) is 31.2 Å². The minimum atomic E-state index is -4.24. The van der Waals surface area contributed by atoms with Gasteiger partial charge >= 0.3 is 6.18 Å². The fraction of sp³-hybridized carbons (Fsp3) is 1.00. The SMILES string of the molecule is CCC(N)C(N1CCC2CCC(C1)N2C)C(F)(F)F. The van der Waals surface area contributed by atoms with E-state index in [4.69, 9.17) is 5.73 Å². The summed E-state index contributed by atoms with van der Waals surface area (Å²) in [6.07, 6.45) is -0.951. The number of fused-ring (bicyclic) bond motifs is 2. The molecular formula is C13H24F3N3. The molecule has 0 aromatic rings. The first-order valence-corrected chi connectivity index (χ1v) is 7.12. The molecule has 0 saturated carbocycles. The molecule has 0 aromatic heterocycles. The third-order valence-corrected chi connectivity index (χ3v) is 4.79. The van der Waals surface area contributed by atoms with E-state index >= 15 is 0 Å². The van der Waals surface area contributed by atoms with E-state index in [0.29, 0.717) is 25.6 Å². The van der Waals surface area contributed by atoms with Crippen LogP contribution in [0.25, 0.3) is 0 Å². The third kappa shape index (κ3) is 3.06. The number of likely N-dealkylation sites (tertiary alicyclic amines) is 1. The number of likely N-dealkylation sites (N-methyl/N-ethyl adjacent to an activating group) is 1. The second kappa shape index (κ2) is 5.58. The van der Waals surface area contributed by atoms with Gasteiger partial charge in [-0.25, -0.2) is 0 Å². The van der Waals surface area contributed by atoms with E-state index in [1.54, 1.807) is 11.8 Å². The molecule has 2 rings (SSSR count). The summed E-state index contributed by atoms with van der Waals surface area (Å²) in [4.78, 5) is 3.83. The molecule has 0 spiro atoms. The van der Waals surface area contributed by atoms with Crippen LogP contribution in [0.2, 0.25) is 0 Å². The lowest BCUT2D eigenvalue weighted by Gasteiger charge is -2.37. The number of hydrogen-bond donors (Lipinski definition) is 1. The molecule has 4 unspecified atom stereocenters. The molecule has 112 valence electrons. The van der Waals surface area contributed by atoms with Crippen molar-refractivity contribution < 1.29 is 13.2 Å². The van der Waals surface area contributed by atoms with E-state index < -0.39 is 18.3 Å². The van der Waals surface area contributed by atoms with E-state index in [2.05, 4.69) is 4.90 Å². The number of nitrogens with two attached hydrogens (primary N) is 1. The summed E-state index contributed by atoms with van der Waals surface area (Å²) in [6.45, 7) is 2.72. The van der Waals surface area contributed by atoms with Gasteiger partial charge in [-0.05, 0) is 32.7 Å². The van der Waals surface area contributed by atoms with E-state index in [1.165, 1.54) is 0 Å². The molecule has 2 heterocycles. The van der Waals surface area contributed by atoms with Crippen molar-refractivity contribution in [2.24, 2.45) is 5.73 Å². The Labute approximate surface area is 112 Å². The first-order valence-electron chi connectivity index (χ1n) is 7.12.